The Bertz CT molecular complexity index is 849. The van der Waals surface area contributed by atoms with Crippen LogP contribution in [0.5, 0.6) is 0 Å². The van der Waals surface area contributed by atoms with E-state index in [0.717, 1.165) is 43.0 Å². The van der Waals surface area contributed by atoms with Crippen molar-refractivity contribution in [1.82, 2.24) is 15.5 Å². The van der Waals surface area contributed by atoms with Crippen LogP contribution < -0.4 is 10.2 Å². The fourth-order valence-electron chi connectivity index (χ4n) is 4.31. The highest BCUT2D eigenvalue weighted by Gasteiger charge is 2.42. The Hall–Kier alpha value is -2.47. The van der Waals surface area contributed by atoms with Crippen LogP contribution in [0.4, 0.5) is 5.82 Å². The zero-order valence-electron chi connectivity index (χ0n) is 18.2. The minimum absolute atomic E-state index is 0.00611. The maximum absolute atomic E-state index is 13.2. The smallest absolute Gasteiger partial charge is 0.230 e. The highest BCUT2D eigenvalue weighted by molar-refractivity contribution is 5.88. The van der Waals surface area contributed by atoms with Gasteiger partial charge in [0.25, 0.3) is 0 Å². The standard InChI is InChI=1S/C24H32N4O2/c1-23(2,3)20-9-10-21(27-26-20)28-16-18(17-28)15-25-22(29)24(11-13-30-14-12-24)19-7-5-4-6-8-19/h4-10,18H,11-17H2,1-3H3,(H,25,29). The topological polar surface area (TPSA) is 67.4 Å². The summed E-state index contributed by atoms with van der Waals surface area (Å²) in [4.78, 5) is 15.5. The van der Waals surface area contributed by atoms with Gasteiger partial charge in [-0.15, -0.1) is 5.10 Å². The molecule has 0 saturated carbocycles. The Morgan fingerprint density at radius 1 is 1.10 bits per heavy atom. The second-order valence-electron chi connectivity index (χ2n) is 9.57. The Balaban J connectivity index is 1.33. The molecule has 0 atom stereocenters. The van der Waals surface area contributed by atoms with E-state index in [2.05, 4.69) is 65.5 Å². The van der Waals surface area contributed by atoms with E-state index in [1.807, 2.05) is 18.2 Å². The minimum Gasteiger partial charge on any atom is -0.381 e. The highest BCUT2D eigenvalue weighted by Crippen LogP contribution is 2.35. The molecule has 0 spiro atoms. The summed E-state index contributed by atoms with van der Waals surface area (Å²) in [7, 11) is 0. The molecule has 3 heterocycles. The molecule has 6 heteroatoms. The van der Waals surface area contributed by atoms with Gasteiger partial charge in [0.15, 0.2) is 5.82 Å². The molecule has 2 aliphatic rings. The molecule has 1 N–H and O–H groups in total. The first-order chi connectivity index (χ1) is 14.4. The average molecular weight is 409 g/mol. The van der Waals surface area contributed by atoms with Crippen LogP contribution >= 0.6 is 0 Å². The second kappa shape index (κ2) is 8.34. The number of amides is 1. The molecule has 1 amide bonds. The van der Waals surface area contributed by atoms with Crippen molar-refractivity contribution in [3.05, 3.63) is 53.7 Å². The average Bonchev–Trinajstić information content (AvgIpc) is 2.73. The van der Waals surface area contributed by atoms with Crippen molar-refractivity contribution < 1.29 is 9.53 Å². The number of carbonyl (C=O) groups is 1. The molecule has 30 heavy (non-hydrogen) atoms. The number of rotatable bonds is 5. The van der Waals surface area contributed by atoms with Crippen LogP contribution in [-0.4, -0.2) is 49.0 Å². The van der Waals surface area contributed by atoms with Crippen LogP contribution in [0.3, 0.4) is 0 Å². The molecule has 0 bridgehead atoms. The molecule has 0 unspecified atom stereocenters. The summed E-state index contributed by atoms with van der Waals surface area (Å²) in [6.45, 7) is 10.2. The summed E-state index contributed by atoms with van der Waals surface area (Å²) in [5, 5.41) is 12.0. The molecule has 0 radical (unpaired) electrons. The number of ether oxygens (including phenoxy) is 1. The van der Waals surface area contributed by atoms with E-state index in [4.69, 9.17) is 4.74 Å². The van der Waals surface area contributed by atoms with Gasteiger partial charge in [-0.1, -0.05) is 51.1 Å². The number of nitrogens with zero attached hydrogens (tertiary/aromatic N) is 3. The normalized spacial score (nSPS) is 19.2. The van der Waals surface area contributed by atoms with Gasteiger partial charge in [-0.3, -0.25) is 4.79 Å². The Morgan fingerprint density at radius 2 is 1.80 bits per heavy atom. The molecule has 0 aliphatic carbocycles. The molecular formula is C24H32N4O2. The molecule has 2 aromatic rings. The number of carbonyl (C=O) groups excluding carboxylic acids is 1. The fourth-order valence-corrected chi connectivity index (χ4v) is 4.31. The van der Waals surface area contributed by atoms with E-state index in [0.29, 0.717) is 25.7 Å². The van der Waals surface area contributed by atoms with Gasteiger partial charge in [0.1, 0.15) is 0 Å². The van der Waals surface area contributed by atoms with Gasteiger partial charge in [-0.25, -0.2) is 0 Å². The van der Waals surface area contributed by atoms with Gasteiger partial charge in [0.05, 0.1) is 11.1 Å². The first-order valence-electron chi connectivity index (χ1n) is 10.9. The summed E-state index contributed by atoms with van der Waals surface area (Å²) in [6.07, 6.45) is 1.46. The fraction of sp³-hybridized carbons (Fsp3) is 0.542. The van der Waals surface area contributed by atoms with E-state index >= 15 is 0 Å². The first kappa shape index (κ1) is 20.8. The van der Waals surface area contributed by atoms with E-state index in [9.17, 15) is 4.79 Å². The van der Waals surface area contributed by atoms with E-state index in [1.54, 1.807) is 0 Å². The van der Waals surface area contributed by atoms with Crippen LogP contribution in [0.2, 0.25) is 0 Å². The third-order valence-corrected chi connectivity index (χ3v) is 6.36. The lowest BCUT2D eigenvalue weighted by molar-refractivity contribution is -0.130. The van der Waals surface area contributed by atoms with Gasteiger partial charge in [0, 0.05) is 44.2 Å². The van der Waals surface area contributed by atoms with Crippen LogP contribution in [0.15, 0.2) is 42.5 Å². The maximum Gasteiger partial charge on any atom is 0.230 e. The van der Waals surface area contributed by atoms with Crippen molar-refractivity contribution in [3.63, 3.8) is 0 Å². The second-order valence-corrected chi connectivity index (χ2v) is 9.57. The lowest BCUT2D eigenvalue weighted by atomic mass is 9.73. The van der Waals surface area contributed by atoms with Crippen molar-refractivity contribution in [2.24, 2.45) is 5.92 Å². The predicted molar refractivity (Wildman–Crippen MR) is 118 cm³/mol. The lowest BCUT2D eigenvalue weighted by Crippen LogP contribution is -2.55. The van der Waals surface area contributed by atoms with E-state index < -0.39 is 5.41 Å². The monoisotopic (exact) mass is 408 g/mol. The van der Waals surface area contributed by atoms with Crippen molar-refractivity contribution >= 4 is 11.7 Å². The number of benzene rings is 1. The number of aromatic nitrogens is 2. The van der Waals surface area contributed by atoms with Crippen molar-refractivity contribution in [1.29, 1.82) is 0 Å². The van der Waals surface area contributed by atoms with E-state index in [1.165, 1.54) is 0 Å². The minimum atomic E-state index is -0.475. The summed E-state index contributed by atoms with van der Waals surface area (Å²) in [5.41, 5.74) is 1.62. The van der Waals surface area contributed by atoms with Gasteiger partial charge < -0.3 is 15.0 Å². The molecule has 160 valence electrons. The summed E-state index contributed by atoms with van der Waals surface area (Å²) >= 11 is 0. The first-order valence-corrected chi connectivity index (χ1v) is 10.9. The lowest BCUT2D eigenvalue weighted by Gasteiger charge is -2.41. The van der Waals surface area contributed by atoms with Crippen molar-refractivity contribution in [3.8, 4) is 0 Å². The van der Waals surface area contributed by atoms with Crippen LogP contribution in [0.1, 0.15) is 44.9 Å². The zero-order chi connectivity index (χ0) is 21.2. The molecule has 6 nitrogen and oxygen atoms in total. The van der Waals surface area contributed by atoms with Gasteiger partial charge in [-0.05, 0) is 30.5 Å². The number of anilines is 1. The predicted octanol–water partition coefficient (Wildman–Crippen LogP) is 3.07. The molecular weight excluding hydrogens is 376 g/mol. The summed E-state index contributed by atoms with van der Waals surface area (Å²) in [5.74, 6) is 1.48. The Kier molecular flexibility index (Phi) is 5.78. The molecule has 2 fully saturated rings. The Labute approximate surface area is 179 Å². The number of hydrogen-bond donors (Lipinski definition) is 1. The van der Waals surface area contributed by atoms with Crippen LogP contribution in [-0.2, 0) is 20.4 Å². The van der Waals surface area contributed by atoms with Gasteiger partial charge in [-0.2, -0.15) is 5.10 Å². The third kappa shape index (κ3) is 4.19. The van der Waals surface area contributed by atoms with Gasteiger partial charge in [0.2, 0.25) is 5.91 Å². The SMILES string of the molecule is CC(C)(C)c1ccc(N2CC(CNC(=O)C3(c4ccccc4)CCOCC3)C2)nn1. The maximum atomic E-state index is 13.2. The van der Waals surface area contributed by atoms with Crippen LogP contribution in [0.25, 0.3) is 0 Å². The van der Waals surface area contributed by atoms with Crippen molar-refractivity contribution in [2.75, 3.05) is 37.7 Å². The van der Waals surface area contributed by atoms with Gasteiger partial charge >= 0.3 is 0 Å². The summed E-state index contributed by atoms with van der Waals surface area (Å²) < 4.78 is 5.55. The largest absolute Gasteiger partial charge is 0.381 e. The molecule has 4 rings (SSSR count). The zero-order valence-corrected chi connectivity index (χ0v) is 18.2. The summed E-state index contributed by atoms with van der Waals surface area (Å²) in [6, 6.07) is 14.3. The van der Waals surface area contributed by atoms with Crippen LogP contribution in [0, 0.1) is 5.92 Å². The van der Waals surface area contributed by atoms with E-state index in [-0.39, 0.29) is 11.3 Å². The Morgan fingerprint density at radius 3 is 2.40 bits per heavy atom. The highest BCUT2D eigenvalue weighted by atomic mass is 16.5. The quantitative estimate of drug-likeness (QED) is 0.824. The molecule has 1 aromatic carbocycles. The number of hydrogen-bond acceptors (Lipinski definition) is 5. The third-order valence-electron chi connectivity index (χ3n) is 6.36. The van der Waals surface area contributed by atoms with Crippen molar-refractivity contribution in [2.45, 2.75) is 44.4 Å². The molecule has 2 aliphatic heterocycles. The number of nitrogens with one attached hydrogen (secondary N) is 1. The molecule has 2 saturated heterocycles. The molecule has 1 aromatic heterocycles.